The van der Waals surface area contributed by atoms with Gasteiger partial charge in [-0.3, -0.25) is 10.1 Å². The molecule has 2 rings (SSSR count). The van der Waals surface area contributed by atoms with Crippen LogP contribution in [0.1, 0.15) is 27.9 Å². The number of nitrogens with zero attached hydrogens (tertiary/aromatic N) is 1. The summed E-state index contributed by atoms with van der Waals surface area (Å²) in [5, 5.41) is 2.92. The molecule has 1 heterocycles. The molecule has 0 fully saturated rings. The number of rotatable bonds is 7. The van der Waals surface area contributed by atoms with Gasteiger partial charge in [-0.2, -0.15) is 0 Å². The summed E-state index contributed by atoms with van der Waals surface area (Å²) >= 11 is 1.05. The molecule has 0 unspecified atom stereocenters. The molecule has 138 valence electrons. The molecule has 1 amide bonds. The zero-order chi connectivity index (χ0) is 19.1. The zero-order valence-electron chi connectivity index (χ0n) is 15.0. The number of thiazole rings is 1. The summed E-state index contributed by atoms with van der Waals surface area (Å²) in [6.45, 7) is 3.38. The van der Waals surface area contributed by atoms with E-state index < -0.39 is 11.9 Å². The van der Waals surface area contributed by atoms with Crippen LogP contribution in [0.15, 0.2) is 24.3 Å². The van der Waals surface area contributed by atoms with E-state index in [1.165, 1.54) is 14.2 Å². The number of hydrogen-bond acceptors (Lipinski definition) is 7. The molecular formula is C18H20N2O5S. The molecule has 0 spiro atoms. The lowest BCUT2D eigenvalue weighted by Crippen LogP contribution is -2.20. The predicted octanol–water partition coefficient (Wildman–Crippen LogP) is 3.30. The first-order valence-corrected chi connectivity index (χ1v) is 8.59. The number of methoxy groups -OCH3 is 2. The van der Waals surface area contributed by atoms with Gasteiger partial charge in [0, 0.05) is 0 Å². The van der Waals surface area contributed by atoms with E-state index >= 15 is 0 Å². The van der Waals surface area contributed by atoms with Gasteiger partial charge in [-0.15, -0.1) is 0 Å². The highest BCUT2D eigenvalue weighted by Crippen LogP contribution is 2.29. The van der Waals surface area contributed by atoms with Crippen molar-refractivity contribution in [3.63, 3.8) is 0 Å². The van der Waals surface area contributed by atoms with Crippen molar-refractivity contribution >= 4 is 34.4 Å². The van der Waals surface area contributed by atoms with Gasteiger partial charge in [0.2, 0.25) is 0 Å². The number of aromatic nitrogens is 1. The minimum absolute atomic E-state index is 0.217. The molecule has 1 aromatic carbocycles. The number of hydrogen-bond donors (Lipinski definition) is 1. The van der Waals surface area contributed by atoms with E-state index in [-0.39, 0.29) is 6.61 Å². The van der Waals surface area contributed by atoms with Gasteiger partial charge in [-0.05, 0) is 31.5 Å². The summed E-state index contributed by atoms with van der Waals surface area (Å²) in [6, 6.07) is 5.42. The molecule has 0 atom stereocenters. The highest BCUT2D eigenvalue weighted by atomic mass is 32.1. The Kier molecular flexibility index (Phi) is 6.74. The number of anilines is 1. The SMILES string of the molecule is CC=Cc1ccc(OCC(=O)Nc2nc(C)c(C(=O)OC)s2)c(OC)c1. The van der Waals surface area contributed by atoms with E-state index in [1.807, 2.05) is 31.2 Å². The van der Waals surface area contributed by atoms with E-state index in [1.54, 1.807) is 13.0 Å². The molecule has 8 heteroatoms. The first kappa shape index (κ1) is 19.5. The van der Waals surface area contributed by atoms with Crippen LogP contribution in [0.5, 0.6) is 11.5 Å². The fraction of sp³-hybridized carbons (Fsp3) is 0.278. The molecule has 1 N–H and O–H groups in total. The Morgan fingerprint density at radius 3 is 2.69 bits per heavy atom. The van der Waals surface area contributed by atoms with Gasteiger partial charge < -0.3 is 14.2 Å². The average molecular weight is 376 g/mol. The average Bonchev–Trinajstić information content (AvgIpc) is 3.00. The molecule has 0 radical (unpaired) electrons. The molecule has 1 aromatic heterocycles. The molecule has 0 bridgehead atoms. The summed E-state index contributed by atoms with van der Waals surface area (Å²) in [5.74, 6) is 0.116. The number of carbonyl (C=O) groups excluding carboxylic acids is 2. The molecule has 7 nitrogen and oxygen atoms in total. The summed E-state index contributed by atoms with van der Waals surface area (Å²) in [4.78, 5) is 28.1. The Hall–Kier alpha value is -2.87. The maximum Gasteiger partial charge on any atom is 0.350 e. The molecule has 0 aliphatic heterocycles. The van der Waals surface area contributed by atoms with E-state index in [0.717, 1.165) is 16.9 Å². The fourth-order valence-corrected chi connectivity index (χ4v) is 3.03. The summed E-state index contributed by atoms with van der Waals surface area (Å²) < 4.78 is 15.5. The van der Waals surface area contributed by atoms with Crippen LogP contribution >= 0.6 is 11.3 Å². The maximum absolute atomic E-state index is 12.1. The normalized spacial score (nSPS) is 10.6. The van der Waals surface area contributed by atoms with Crippen molar-refractivity contribution in [2.75, 3.05) is 26.1 Å². The standard InChI is InChI=1S/C18H20N2O5S/c1-5-6-12-7-8-13(14(9-12)23-3)25-10-15(21)20-18-19-11(2)16(26-18)17(22)24-4/h5-9H,10H2,1-4H3,(H,19,20,21). The lowest BCUT2D eigenvalue weighted by Gasteiger charge is -2.11. The quantitative estimate of drug-likeness (QED) is 0.746. The van der Waals surface area contributed by atoms with Crippen molar-refractivity contribution < 1.29 is 23.8 Å². The van der Waals surface area contributed by atoms with Gasteiger partial charge in [0.15, 0.2) is 23.2 Å². The Morgan fingerprint density at radius 1 is 1.27 bits per heavy atom. The van der Waals surface area contributed by atoms with E-state index in [4.69, 9.17) is 9.47 Å². The number of nitrogens with one attached hydrogen (secondary N) is 1. The van der Waals surface area contributed by atoms with Crippen molar-refractivity contribution in [3.05, 3.63) is 40.4 Å². The zero-order valence-corrected chi connectivity index (χ0v) is 15.8. The lowest BCUT2D eigenvalue weighted by molar-refractivity contribution is -0.118. The first-order chi connectivity index (χ1) is 12.5. The highest BCUT2D eigenvalue weighted by Gasteiger charge is 2.17. The first-order valence-electron chi connectivity index (χ1n) is 7.77. The molecule has 2 aromatic rings. The number of allylic oxidation sites excluding steroid dienone is 1. The van der Waals surface area contributed by atoms with E-state index in [0.29, 0.717) is 27.2 Å². The molecule has 0 aliphatic carbocycles. The van der Waals surface area contributed by atoms with Crippen LogP contribution in [-0.4, -0.2) is 37.7 Å². The molecule has 0 saturated heterocycles. The molecule has 26 heavy (non-hydrogen) atoms. The number of ether oxygens (including phenoxy) is 3. The topological polar surface area (TPSA) is 86.8 Å². The summed E-state index contributed by atoms with van der Waals surface area (Å²) in [5.41, 5.74) is 1.47. The van der Waals surface area contributed by atoms with Gasteiger partial charge in [-0.25, -0.2) is 9.78 Å². The van der Waals surface area contributed by atoms with Gasteiger partial charge in [0.25, 0.3) is 5.91 Å². The van der Waals surface area contributed by atoms with E-state index in [9.17, 15) is 9.59 Å². The minimum atomic E-state index is -0.484. The van der Waals surface area contributed by atoms with Gasteiger partial charge in [-0.1, -0.05) is 29.6 Å². The van der Waals surface area contributed by atoms with Crippen LogP contribution in [0.2, 0.25) is 0 Å². The monoisotopic (exact) mass is 376 g/mol. The molecule has 0 saturated carbocycles. The third-order valence-corrected chi connectivity index (χ3v) is 4.37. The largest absolute Gasteiger partial charge is 0.493 e. The second-order valence-electron chi connectivity index (χ2n) is 5.17. The van der Waals surface area contributed by atoms with Gasteiger partial charge in [0.1, 0.15) is 4.88 Å². The number of carbonyl (C=O) groups is 2. The van der Waals surface area contributed by atoms with Crippen molar-refractivity contribution in [3.8, 4) is 11.5 Å². The molecular weight excluding hydrogens is 356 g/mol. The third kappa shape index (κ3) is 4.82. The Balaban J connectivity index is 2.00. The Labute approximate surface area is 155 Å². The predicted molar refractivity (Wildman–Crippen MR) is 100 cm³/mol. The van der Waals surface area contributed by atoms with Gasteiger partial charge >= 0.3 is 5.97 Å². The van der Waals surface area contributed by atoms with Crippen LogP contribution in [0.25, 0.3) is 6.08 Å². The van der Waals surface area contributed by atoms with Crippen LogP contribution < -0.4 is 14.8 Å². The maximum atomic E-state index is 12.1. The van der Waals surface area contributed by atoms with Crippen LogP contribution in [0.4, 0.5) is 5.13 Å². The fourth-order valence-electron chi connectivity index (χ4n) is 2.13. The lowest BCUT2D eigenvalue weighted by atomic mass is 10.2. The second-order valence-corrected chi connectivity index (χ2v) is 6.17. The Bertz CT molecular complexity index is 829. The molecule has 0 aliphatic rings. The second kappa shape index (κ2) is 9.00. The Morgan fingerprint density at radius 2 is 2.04 bits per heavy atom. The number of esters is 1. The third-order valence-electron chi connectivity index (χ3n) is 3.32. The summed E-state index contributed by atoms with van der Waals surface area (Å²) in [6.07, 6.45) is 3.85. The van der Waals surface area contributed by atoms with Crippen molar-refractivity contribution in [2.45, 2.75) is 13.8 Å². The minimum Gasteiger partial charge on any atom is -0.493 e. The van der Waals surface area contributed by atoms with Crippen LogP contribution in [-0.2, 0) is 9.53 Å². The number of amides is 1. The van der Waals surface area contributed by atoms with Gasteiger partial charge in [0.05, 0.1) is 19.9 Å². The van der Waals surface area contributed by atoms with Crippen molar-refractivity contribution in [1.29, 1.82) is 0 Å². The van der Waals surface area contributed by atoms with Crippen molar-refractivity contribution in [1.82, 2.24) is 4.98 Å². The van der Waals surface area contributed by atoms with E-state index in [2.05, 4.69) is 15.0 Å². The van der Waals surface area contributed by atoms with Crippen molar-refractivity contribution in [2.24, 2.45) is 0 Å². The number of aryl methyl sites for hydroxylation is 1. The number of benzene rings is 1. The van der Waals surface area contributed by atoms with Crippen LogP contribution in [0.3, 0.4) is 0 Å². The summed E-state index contributed by atoms with van der Waals surface area (Å²) in [7, 11) is 2.83. The highest BCUT2D eigenvalue weighted by molar-refractivity contribution is 7.17. The van der Waals surface area contributed by atoms with Crippen LogP contribution in [0, 0.1) is 6.92 Å². The smallest absolute Gasteiger partial charge is 0.350 e.